The second kappa shape index (κ2) is 5.42. The number of hydrogen-bond donors (Lipinski definition) is 3. The van der Waals surface area contributed by atoms with E-state index in [9.17, 15) is 8.42 Å². The molecule has 0 spiro atoms. The van der Waals surface area contributed by atoms with Crippen molar-refractivity contribution in [1.82, 2.24) is 14.9 Å². The molecule has 92 valence electrons. The lowest BCUT2D eigenvalue weighted by Crippen LogP contribution is -2.33. The second-order valence-corrected chi connectivity index (χ2v) is 5.49. The highest BCUT2D eigenvalue weighted by Crippen LogP contribution is 2.12. The first kappa shape index (κ1) is 13.1. The number of aromatic nitrogens is 2. The van der Waals surface area contributed by atoms with Gasteiger partial charge >= 0.3 is 0 Å². The fourth-order valence-electron chi connectivity index (χ4n) is 1.42. The molecule has 0 saturated heterocycles. The molecule has 0 aliphatic carbocycles. The van der Waals surface area contributed by atoms with E-state index < -0.39 is 10.0 Å². The minimum atomic E-state index is -3.46. The molecular weight excluding hydrogens is 228 g/mol. The fraction of sp³-hybridized carbons (Fsp3) is 0.667. The summed E-state index contributed by atoms with van der Waals surface area (Å²) in [4.78, 5) is 0.201. The van der Waals surface area contributed by atoms with Gasteiger partial charge in [0.15, 0.2) is 0 Å². The van der Waals surface area contributed by atoms with Crippen LogP contribution in [0.3, 0.4) is 0 Å². The Labute approximate surface area is 95.7 Å². The smallest absolute Gasteiger partial charge is 0.244 e. The van der Waals surface area contributed by atoms with Gasteiger partial charge in [0, 0.05) is 6.04 Å². The molecule has 1 aromatic heterocycles. The van der Waals surface area contributed by atoms with Gasteiger partial charge in [-0.1, -0.05) is 0 Å². The van der Waals surface area contributed by atoms with E-state index in [1.807, 2.05) is 6.92 Å². The highest BCUT2D eigenvalue weighted by atomic mass is 32.2. The SMILES string of the molecule is Cc1[nH]ncc1S(=O)(=O)NC(C)CCCN. The number of nitrogens with two attached hydrogens (primary N) is 1. The average molecular weight is 246 g/mol. The van der Waals surface area contributed by atoms with E-state index in [2.05, 4.69) is 14.9 Å². The molecule has 4 N–H and O–H groups in total. The van der Waals surface area contributed by atoms with Crippen molar-refractivity contribution in [2.24, 2.45) is 5.73 Å². The minimum Gasteiger partial charge on any atom is -0.330 e. The normalized spacial score (nSPS) is 13.9. The molecule has 0 fully saturated rings. The highest BCUT2D eigenvalue weighted by Gasteiger charge is 2.20. The predicted octanol–water partition coefficient (Wildman–Crippen LogP) is 0.124. The van der Waals surface area contributed by atoms with Crippen molar-refractivity contribution < 1.29 is 8.42 Å². The van der Waals surface area contributed by atoms with Crippen LogP contribution in [0.25, 0.3) is 0 Å². The topological polar surface area (TPSA) is 101 Å². The van der Waals surface area contributed by atoms with Gasteiger partial charge in [-0.2, -0.15) is 5.10 Å². The summed E-state index contributed by atoms with van der Waals surface area (Å²) in [5.41, 5.74) is 5.91. The van der Waals surface area contributed by atoms with Crippen molar-refractivity contribution in [3.05, 3.63) is 11.9 Å². The van der Waals surface area contributed by atoms with Crippen molar-refractivity contribution in [1.29, 1.82) is 0 Å². The van der Waals surface area contributed by atoms with Crippen LogP contribution in [0.5, 0.6) is 0 Å². The van der Waals surface area contributed by atoms with Crippen molar-refractivity contribution in [3.8, 4) is 0 Å². The third-order valence-corrected chi connectivity index (χ3v) is 3.97. The van der Waals surface area contributed by atoms with Crippen LogP contribution in [0.1, 0.15) is 25.5 Å². The van der Waals surface area contributed by atoms with E-state index in [0.29, 0.717) is 12.2 Å². The zero-order chi connectivity index (χ0) is 12.2. The molecule has 7 heteroatoms. The summed E-state index contributed by atoms with van der Waals surface area (Å²) in [7, 11) is -3.46. The molecule has 1 unspecified atom stereocenters. The Morgan fingerprint density at radius 1 is 1.62 bits per heavy atom. The van der Waals surface area contributed by atoms with E-state index in [-0.39, 0.29) is 10.9 Å². The van der Waals surface area contributed by atoms with Gasteiger partial charge in [-0.3, -0.25) is 5.10 Å². The van der Waals surface area contributed by atoms with Gasteiger partial charge in [0.1, 0.15) is 4.90 Å². The van der Waals surface area contributed by atoms with Crippen LogP contribution in [-0.2, 0) is 10.0 Å². The van der Waals surface area contributed by atoms with E-state index in [1.165, 1.54) is 6.20 Å². The number of hydrogen-bond acceptors (Lipinski definition) is 4. The Balaban J connectivity index is 2.69. The predicted molar refractivity (Wildman–Crippen MR) is 61.4 cm³/mol. The molecule has 0 aliphatic rings. The Morgan fingerprint density at radius 2 is 2.31 bits per heavy atom. The maximum atomic E-state index is 11.9. The molecule has 1 heterocycles. The summed E-state index contributed by atoms with van der Waals surface area (Å²) in [6.07, 6.45) is 2.84. The number of sulfonamides is 1. The molecule has 0 bridgehead atoms. The lowest BCUT2D eigenvalue weighted by Gasteiger charge is -2.12. The molecule has 0 saturated carbocycles. The first-order valence-electron chi connectivity index (χ1n) is 5.19. The van der Waals surface area contributed by atoms with Crippen LogP contribution in [0.4, 0.5) is 0 Å². The lowest BCUT2D eigenvalue weighted by atomic mass is 10.2. The summed E-state index contributed by atoms with van der Waals surface area (Å²) in [5.74, 6) is 0. The Bertz CT molecular complexity index is 426. The number of nitrogens with zero attached hydrogens (tertiary/aromatic N) is 1. The van der Waals surface area contributed by atoms with Crippen LogP contribution in [0, 0.1) is 6.92 Å². The molecule has 0 amide bonds. The first-order chi connectivity index (χ1) is 7.47. The van der Waals surface area contributed by atoms with Gasteiger partial charge in [-0.15, -0.1) is 0 Å². The quantitative estimate of drug-likeness (QED) is 0.663. The van der Waals surface area contributed by atoms with Crippen LogP contribution < -0.4 is 10.5 Å². The van der Waals surface area contributed by atoms with Crippen LogP contribution in [0.15, 0.2) is 11.1 Å². The lowest BCUT2D eigenvalue weighted by molar-refractivity contribution is 0.538. The van der Waals surface area contributed by atoms with E-state index in [4.69, 9.17) is 5.73 Å². The molecule has 0 aliphatic heterocycles. The Hall–Kier alpha value is -0.920. The summed E-state index contributed by atoms with van der Waals surface area (Å²) >= 11 is 0. The molecule has 6 nitrogen and oxygen atoms in total. The number of nitrogens with one attached hydrogen (secondary N) is 2. The molecular formula is C9H18N4O2S. The van der Waals surface area contributed by atoms with Gasteiger partial charge in [0.25, 0.3) is 0 Å². The van der Waals surface area contributed by atoms with Crippen molar-refractivity contribution in [3.63, 3.8) is 0 Å². The van der Waals surface area contributed by atoms with Crippen LogP contribution >= 0.6 is 0 Å². The van der Waals surface area contributed by atoms with E-state index >= 15 is 0 Å². The molecule has 1 rings (SSSR count). The Morgan fingerprint density at radius 3 is 2.81 bits per heavy atom. The molecule has 1 aromatic rings. The van der Waals surface area contributed by atoms with Gasteiger partial charge in [0.2, 0.25) is 10.0 Å². The summed E-state index contributed by atoms with van der Waals surface area (Å²) in [6.45, 7) is 4.06. The zero-order valence-electron chi connectivity index (χ0n) is 9.53. The molecule has 1 atom stereocenters. The van der Waals surface area contributed by atoms with Crippen LogP contribution in [-0.4, -0.2) is 31.2 Å². The van der Waals surface area contributed by atoms with Crippen molar-refractivity contribution in [2.75, 3.05) is 6.54 Å². The standard InChI is InChI=1S/C9H18N4O2S/c1-7(4-3-5-10)13-16(14,15)9-6-11-12-8(9)2/h6-7,13H,3-5,10H2,1-2H3,(H,11,12). The van der Waals surface area contributed by atoms with Gasteiger partial charge in [0.05, 0.1) is 11.9 Å². The monoisotopic (exact) mass is 246 g/mol. The zero-order valence-corrected chi connectivity index (χ0v) is 10.3. The van der Waals surface area contributed by atoms with E-state index in [0.717, 1.165) is 12.8 Å². The van der Waals surface area contributed by atoms with Gasteiger partial charge in [-0.05, 0) is 33.2 Å². The van der Waals surface area contributed by atoms with Crippen molar-refractivity contribution >= 4 is 10.0 Å². The fourth-order valence-corrected chi connectivity index (χ4v) is 2.84. The largest absolute Gasteiger partial charge is 0.330 e. The first-order valence-corrected chi connectivity index (χ1v) is 6.68. The summed E-state index contributed by atoms with van der Waals surface area (Å²) in [6, 6.07) is -0.122. The van der Waals surface area contributed by atoms with Crippen molar-refractivity contribution in [2.45, 2.75) is 37.6 Å². The number of aromatic amines is 1. The van der Waals surface area contributed by atoms with Crippen LogP contribution in [0.2, 0.25) is 0 Å². The number of rotatable bonds is 6. The molecule has 16 heavy (non-hydrogen) atoms. The highest BCUT2D eigenvalue weighted by molar-refractivity contribution is 7.89. The Kier molecular flexibility index (Phi) is 4.45. The third kappa shape index (κ3) is 3.29. The summed E-state index contributed by atoms with van der Waals surface area (Å²) < 4.78 is 26.4. The third-order valence-electron chi connectivity index (χ3n) is 2.27. The summed E-state index contributed by atoms with van der Waals surface area (Å²) in [5, 5.41) is 6.30. The van der Waals surface area contributed by atoms with Gasteiger partial charge < -0.3 is 5.73 Å². The minimum absolute atomic E-state index is 0.122. The maximum absolute atomic E-state index is 11.9. The molecule has 0 radical (unpaired) electrons. The van der Waals surface area contributed by atoms with E-state index in [1.54, 1.807) is 6.92 Å². The second-order valence-electron chi connectivity index (χ2n) is 3.81. The molecule has 0 aromatic carbocycles. The number of H-pyrrole nitrogens is 1. The maximum Gasteiger partial charge on any atom is 0.244 e. The number of aryl methyl sites for hydroxylation is 1. The van der Waals surface area contributed by atoms with Gasteiger partial charge in [-0.25, -0.2) is 13.1 Å². The average Bonchev–Trinajstić information content (AvgIpc) is 2.61.